The van der Waals surface area contributed by atoms with Crippen LogP contribution in [0.3, 0.4) is 0 Å². The summed E-state index contributed by atoms with van der Waals surface area (Å²) in [4.78, 5) is 7.76. The van der Waals surface area contributed by atoms with Crippen LogP contribution in [0.2, 0.25) is 10.0 Å². The van der Waals surface area contributed by atoms with Gasteiger partial charge >= 0.3 is 0 Å². The predicted octanol–water partition coefficient (Wildman–Crippen LogP) is 7.42. The normalized spacial score (nSPS) is 20.3. The Labute approximate surface area is 184 Å². The van der Waals surface area contributed by atoms with E-state index in [2.05, 4.69) is 36.9 Å². The minimum absolute atomic E-state index is 0.509. The first-order valence-corrected chi connectivity index (χ1v) is 11.3. The SMILES string of the molecule is CCCC(=NC1=C(C)CCC(N2Cc3cccc(Cl)c3C2)C1)c1ccccc1Cl. The lowest BCUT2D eigenvalue weighted by Gasteiger charge is -2.32. The number of halogens is 2. The van der Waals surface area contributed by atoms with Crippen molar-refractivity contribution in [3.8, 4) is 0 Å². The molecule has 1 aliphatic carbocycles. The average Bonchev–Trinajstić information content (AvgIpc) is 3.15. The highest BCUT2D eigenvalue weighted by atomic mass is 35.5. The zero-order valence-electron chi connectivity index (χ0n) is 17.2. The van der Waals surface area contributed by atoms with Crippen molar-refractivity contribution in [3.05, 3.63) is 80.5 Å². The third-order valence-corrected chi connectivity index (χ3v) is 6.87. The van der Waals surface area contributed by atoms with Crippen molar-refractivity contribution in [2.45, 2.75) is 65.1 Å². The molecule has 2 aromatic rings. The molecule has 4 rings (SSSR count). The van der Waals surface area contributed by atoms with Gasteiger partial charge in [0.05, 0.1) is 0 Å². The zero-order valence-corrected chi connectivity index (χ0v) is 18.7. The lowest BCUT2D eigenvalue weighted by Crippen LogP contribution is -2.33. The first-order chi connectivity index (χ1) is 14.1. The smallest absolute Gasteiger partial charge is 0.0496 e. The Morgan fingerprint density at radius 2 is 1.86 bits per heavy atom. The number of hydrogen-bond acceptors (Lipinski definition) is 2. The van der Waals surface area contributed by atoms with Crippen molar-refractivity contribution in [1.29, 1.82) is 0 Å². The fraction of sp³-hybridized carbons (Fsp3) is 0.400. The maximum atomic E-state index is 6.49. The van der Waals surface area contributed by atoms with Gasteiger partial charge in [0, 0.05) is 52.6 Å². The van der Waals surface area contributed by atoms with Gasteiger partial charge in [-0.15, -0.1) is 0 Å². The zero-order chi connectivity index (χ0) is 20.4. The van der Waals surface area contributed by atoms with Crippen molar-refractivity contribution in [3.63, 3.8) is 0 Å². The highest BCUT2D eigenvalue weighted by Crippen LogP contribution is 2.36. The standard InChI is InChI=1S/C25H28Cl2N2/c1-3-7-24(20-9-4-5-10-22(20)26)28-25-14-19(13-12-17(25)2)29-15-18-8-6-11-23(27)21(18)16-29/h4-6,8-11,19H,3,7,12-16H2,1-2H3. The molecule has 1 heterocycles. The second-order valence-corrected chi connectivity index (χ2v) is 9.01. The van der Waals surface area contributed by atoms with Crippen LogP contribution < -0.4 is 0 Å². The van der Waals surface area contributed by atoms with E-state index in [1.807, 2.05) is 24.3 Å². The van der Waals surface area contributed by atoms with Gasteiger partial charge in [-0.25, -0.2) is 0 Å². The van der Waals surface area contributed by atoms with E-state index in [1.54, 1.807) is 0 Å². The Bertz CT molecular complexity index is 961. The summed E-state index contributed by atoms with van der Waals surface area (Å²) in [6.45, 7) is 6.37. The molecule has 0 spiro atoms. The van der Waals surface area contributed by atoms with Gasteiger partial charge < -0.3 is 0 Å². The highest BCUT2D eigenvalue weighted by Gasteiger charge is 2.30. The minimum atomic E-state index is 0.509. The van der Waals surface area contributed by atoms with E-state index in [0.717, 1.165) is 60.1 Å². The van der Waals surface area contributed by atoms with Crippen molar-refractivity contribution in [2.24, 2.45) is 4.99 Å². The maximum absolute atomic E-state index is 6.49. The molecule has 1 aliphatic heterocycles. The minimum Gasteiger partial charge on any atom is -0.291 e. The number of rotatable bonds is 5. The van der Waals surface area contributed by atoms with Crippen molar-refractivity contribution in [1.82, 2.24) is 4.90 Å². The molecule has 2 aliphatic rings. The van der Waals surface area contributed by atoms with E-state index in [1.165, 1.54) is 28.8 Å². The summed E-state index contributed by atoms with van der Waals surface area (Å²) in [5.74, 6) is 0. The molecular formula is C25H28Cl2N2. The van der Waals surface area contributed by atoms with Crippen LogP contribution in [0.4, 0.5) is 0 Å². The van der Waals surface area contributed by atoms with Crippen LogP contribution in [0.25, 0.3) is 0 Å². The van der Waals surface area contributed by atoms with Gasteiger partial charge in [0.15, 0.2) is 0 Å². The molecule has 0 bridgehead atoms. The summed E-state index contributed by atoms with van der Waals surface area (Å²) in [5.41, 5.74) is 7.51. The molecule has 1 unspecified atom stereocenters. The van der Waals surface area contributed by atoms with E-state index < -0.39 is 0 Å². The Morgan fingerprint density at radius 3 is 2.62 bits per heavy atom. The molecule has 0 aromatic heterocycles. The molecule has 29 heavy (non-hydrogen) atoms. The molecule has 2 nitrogen and oxygen atoms in total. The number of nitrogens with zero attached hydrogens (tertiary/aromatic N) is 2. The number of hydrogen-bond donors (Lipinski definition) is 0. The summed E-state index contributed by atoms with van der Waals surface area (Å²) >= 11 is 12.9. The number of allylic oxidation sites excluding steroid dienone is 1. The van der Waals surface area contributed by atoms with Gasteiger partial charge in [-0.2, -0.15) is 0 Å². The van der Waals surface area contributed by atoms with Gasteiger partial charge in [0.25, 0.3) is 0 Å². The van der Waals surface area contributed by atoms with Gasteiger partial charge in [-0.05, 0) is 49.4 Å². The van der Waals surface area contributed by atoms with Crippen molar-refractivity contribution >= 4 is 28.9 Å². The average molecular weight is 427 g/mol. The van der Waals surface area contributed by atoms with Crippen molar-refractivity contribution < 1.29 is 0 Å². The Hall–Kier alpha value is -1.61. The third-order valence-electron chi connectivity index (χ3n) is 6.18. The quantitative estimate of drug-likeness (QED) is 0.453. The van der Waals surface area contributed by atoms with E-state index in [-0.39, 0.29) is 0 Å². The Balaban J connectivity index is 1.57. The van der Waals surface area contributed by atoms with E-state index >= 15 is 0 Å². The molecule has 0 N–H and O–H groups in total. The van der Waals surface area contributed by atoms with Crippen molar-refractivity contribution in [2.75, 3.05) is 0 Å². The molecule has 0 saturated heterocycles. The van der Waals surface area contributed by atoms with Crippen LogP contribution >= 0.6 is 23.2 Å². The van der Waals surface area contributed by atoms with Gasteiger partial charge in [0.2, 0.25) is 0 Å². The van der Waals surface area contributed by atoms with Crippen LogP contribution in [0.1, 0.15) is 62.6 Å². The Morgan fingerprint density at radius 1 is 1.07 bits per heavy atom. The lowest BCUT2D eigenvalue weighted by atomic mass is 9.92. The van der Waals surface area contributed by atoms with Crippen LogP contribution in [0.15, 0.2) is 58.7 Å². The number of aliphatic imine (C=N–C) groups is 1. The second kappa shape index (κ2) is 9.04. The first-order valence-electron chi connectivity index (χ1n) is 10.6. The monoisotopic (exact) mass is 426 g/mol. The van der Waals surface area contributed by atoms with Gasteiger partial charge in [0.1, 0.15) is 0 Å². The fourth-order valence-corrected chi connectivity index (χ4v) is 4.99. The summed E-state index contributed by atoms with van der Waals surface area (Å²) in [5, 5.41) is 1.68. The van der Waals surface area contributed by atoms with E-state index in [0.29, 0.717) is 6.04 Å². The highest BCUT2D eigenvalue weighted by molar-refractivity contribution is 6.34. The Kier molecular flexibility index (Phi) is 6.44. The second-order valence-electron chi connectivity index (χ2n) is 8.19. The lowest BCUT2D eigenvalue weighted by molar-refractivity contribution is 0.181. The summed E-state index contributed by atoms with van der Waals surface area (Å²) in [7, 11) is 0. The maximum Gasteiger partial charge on any atom is 0.0496 e. The van der Waals surface area contributed by atoms with Crippen LogP contribution in [-0.4, -0.2) is 16.7 Å². The number of benzene rings is 2. The molecular weight excluding hydrogens is 399 g/mol. The fourth-order valence-electron chi connectivity index (χ4n) is 4.49. The summed E-state index contributed by atoms with van der Waals surface area (Å²) in [6, 6.07) is 14.9. The number of fused-ring (bicyclic) bond motifs is 1. The first kappa shape index (κ1) is 20.7. The molecule has 2 aromatic carbocycles. The third kappa shape index (κ3) is 4.45. The molecule has 1 atom stereocenters. The summed E-state index contributed by atoms with van der Waals surface area (Å²) in [6.07, 6.45) is 5.28. The van der Waals surface area contributed by atoms with Crippen LogP contribution in [0, 0.1) is 0 Å². The predicted molar refractivity (Wildman–Crippen MR) is 124 cm³/mol. The molecule has 4 heteroatoms. The van der Waals surface area contributed by atoms with Gasteiger partial charge in [-0.1, -0.05) is 72.5 Å². The molecule has 0 amide bonds. The largest absolute Gasteiger partial charge is 0.291 e. The molecule has 0 radical (unpaired) electrons. The topological polar surface area (TPSA) is 15.6 Å². The molecule has 152 valence electrons. The van der Waals surface area contributed by atoms with Gasteiger partial charge in [-0.3, -0.25) is 9.89 Å². The summed E-state index contributed by atoms with van der Waals surface area (Å²) < 4.78 is 0. The van der Waals surface area contributed by atoms with E-state index in [9.17, 15) is 0 Å². The van der Waals surface area contributed by atoms with Crippen LogP contribution in [-0.2, 0) is 13.1 Å². The van der Waals surface area contributed by atoms with E-state index in [4.69, 9.17) is 28.2 Å². The van der Waals surface area contributed by atoms with Crippen LogP contribution in [0.5, 0.6) is 0 Å². The molecule has 0 fully saturated rings. The molecule has 0 saturated carbocycles.